The Kier molecular flexibility index (Phi) is 4.24. The minimum absolute atomic E-state index is 0.0179. The number of hydrogen-bond donors (Lipinski definition) is 2. The van der Waals surface area contributed by atoms with Crippen molar-refractivity contribution >= 4 is 34.5 Å². The van der Waals surface area contributed by atoms with Gasteiger partial charge in [0.2, 0.25) is 0 Å². The Bertz CT molecular complexity index is 1090. The van der Waals surface area contributed by atoms with Gasteiger partial charge in [-0.3, -0.25) is 9.59 Å². The van der Waals surface area contributed by atoms with Crippen molar-refractivity contribution in [1.29, 1.82) is 0 Å². The number of anilines is 1. The van der Waals surface area contributed by atoms with Gasteiger partial charge in [-0.15, -0.1) is 0 Å². The van der Waals surface area contributed by atoms with E-state index in [4.69, 9.17) is 5.11 Å². The van der Waals surface area contributed by atoms with Crippen LogP contribution in [0, 0.1) is 13.8 Å². The zero-order valence-corrected chi connectivity index (χ0v) is 15.1. The molecule has 0 aromatic heterocycles. The molecule has 0 heterocycles. The number of aromatic carboxylic acids is 1. The van der Waals surface area contributed by atoms with Crippen LogP contribution in [0.3, 0.4) is 0 Å². The van der Waals surface area contributed by atoms with Crippen molar-refractivity contribution in [3.63, 3.8) is 0 Å². The third kappa shape index (κ3) is 2.71. The van der Waals surface area contributed by atoms with E-state index in [1.165, 1.54) is 12.1 Å². The molecule has 0 radical (unpaired) electrons. The summed E-state index contributed by atoms with van der Waals surface area (Å²) in [6.07, 6.45) is 0. The first kappa shape index (κ1) is 17.6. The molecule has 26 heavy (non-hydrogen) atoms. The Morgan fingerprint density at radius 2 is 1.58 bits per heavy atom. The molecule has 0 spiro atoms. The van der Waals surface area contributed by atoms with Gasteiger partial charge in [0.25, 0.3) is 5.91 Å². The summed E-state index contributed by atoms with van der Waals surface area (Å²) >= 11 is 0. The Morgan fingerprint density at radius 1 is 0.962 bits per heavy atom. The van der Waals surface area contributed by atoms with Crippen molar-refractivity contribution in [2.45, 2.75) is 27.7 Å². The molecule has 0 bridgehead atoms. The lowest BCUT2D eigenvalue weighted by atomic mass is 9.97. The zero-order chi connectivity index (χ0) is 19.2. The highest BCUT2D eigenvalue weighted by Gasteiger charge is 2.22. The molecule has 5 nitrogen and oxygen atoms in total. The molecule has 0 atom stereocenters. The second-order valence-corrected chi connectivity index (χ2v) is 6.53. The van der Waals surface area contributed by atoms with Crippen molar-refractivity contribution in [2.24, 2.45) is 0 Å². The quantitative estimate of drug-likeness (QED) is 0.890. The van der Waals surface area contributed by atoms with E-state index < -0.39 is 5.97 Å². The summed E-state index contributed by atoms with van der Waals surface area (Å²) in [6, 6.07) is 7.87. The molecular formula is C21H19NO4. The number of carboxylic acid groups (broad SMARTS) is 1. The number of Topliss-reactive ketones (excluding diaryl/α,β-unsaturated/α-hetero) is 1. The second kappa shape index (κ2) is 6.26. The summed E-state index contributed by atoms with van der Waals surface area (Å²) in [4.78, 5) is 36.0. The van der Waals surface area contributed by atoms with Crippen LogP contribution in [-0.4, -0.2) is 22.8 Å². The molecule has 1 aliphatic carbocycles. The van der Waals surface area contributed by atoms with Crippen LogP contribution in [0.15, 0.2) is 30.3 Å². The van der Waals surface area contributed by atoms with Crippen LogP contribution in [0.2, 0.25) is 0 Å². The highest BCUT2D eigenvalue weighted by Crippen LogP contribution is 2.17. The molecular weight excluding hydrogens is 330 g/mol. The number of carbonyl (C=O) groups is 3. The lowest BCUT2D eigenvalue weighted by Gasteiger charge is -2.12. The summed E-state index contributed by atoms with van der Waals surface area (Å²) in [5.41, 5.74) is 4.15. The SMILES string of the molecule is CC1=c2cc(C)c(C(=O)Nc3ccc(C(=O)O)cc3)c(C)c2=C(C)C1=O. The predicted molar refractivity (Wildman–Crippen MR) is 99.7 cm³/mol. The Balaban J connectivity index is 2.05. The van der Waals surface area contributed by atoms with E-state index in [0.717, 1.165) is 21.6 Å². The van der Waals surface area contributed by atoms with E-state index in [-0.39, 0.29) is 17.3 Å². The largest absolute Gasteiger partial charge is 0.478 e. The van der Waals surface area contributed by atoms with Crippen molar-refractivity contribution < 1.29 is 19.5 Å². The van der Waals surface area contributed by atoms with Crippen LogP contribution < -0.4 is 15.8 Å². The van der Waals surface area contributed by atoms with Crippen LogP contribution >= 0.6 is 0 Å². The standard InChI is InChI=1S/C21H19NO4/c1-10-9-16-11(2)19(23)13(4)18(16)12(3)17(10)20(24)22-15-7-5-14(6-8-15)21(25)26/h5-9H,1-4H3,(H,22,24)(H,25,26). The number of rotatable bonds is 3. The molecule has 1 amide bonds. The Morgan fingerprint density at radius 3 is 2.15 bits per heavy atom. The first-order valence-electron chi connectivity index (χ1n) is 8.23. The van der Waals surface area contributed by atoms with Crippen LogP contribution in [0.4, 0.5) is 5.69 Å². The van der Waals surface area contributed by atoms with E-state index in [2.05, 4.69) is 5.32 Å². The van der Waals surface area contributed by atoms with Gasteiger partial charge in [-0.05, 0) is 73.5 Å². The zero-order valence-electron chi connectivity index (χ0n) is 15.1. The maximum Gasteiger partial charge on any atom is 0.335 e. The summed E-state index contributed by atoms with van der Waals surface area (Å²) in [7, 11) is 0. The van der Waals surface area contributed by atoms with Gasteiger partial charge in [0.15, 0.2) is 5.78 Å². The number of hydrogen-bond acceptors (Lipinski definition) is 3. The van der Waals surface area contributed by atoms with E-state index in [0.29, 0.717) is 22.4 Å². The summed E-state index contributed by atoms with van der Waals surface area (Å²) < 4.78 is 0. The predicted octanol–water partition coefficient (Wildman–Crippen LogP) is 2.18. The summed E-state index contributed by atoms with van der Waals surface area (Å²) in [5, 5.41) is 13.5. The fraction of sp³-hybridized carbons (Fsp3) is 0.190. The Labute approximate surface area is 150 Å². The summed E-state index contributed by atoms with van der Waals surface area (Å²) in [5.74, 6) is -1.28. The van der Waals surface area contributed by atoms with Crippen molar-refractivity contribution in [3.05, 3.63) is 63.0 Å². The fourth-order valence-electron chi connectivity index (χ4n) is 3.52. The lowest BCUT2D eigenvalue weighted by Crippen LogP contribution is -2.31. The van der Waals surface area contributed by atoms with Gasteiger partial charge in [-0.1, -0.05) is 6.07 Å². The van der Waals surface area contributed by atoms with E-state index in [1.807, 2.05) is 19.9 Å². The van der Waals surface area contributed by atoms with Gasteiger partial charge in [0.1, 0.15) is 0 Å². The summed E-state index contributed by atoms with van der Waals surface area (Å²) in [6.45, 7) is 7.29. The first-order chi connectivity index (χ1) is 12.2. The number of nitrogens with one attached hydrogen (secondary N) is 1. The Hall–Kier alpha value is -3.21. The number of ketones is 1. The minimum Gasteiger partial charge on any atom is -0.478 e. The maximum atomic E-state index is 12.8. The number of carboxylic acids is 1. The second-order valence-electron chi connectivity index (χ2n) is 6.53. The molecule has 2 N–H and O–H groups in total. The maximum absolute atomic E-state index is 12.8. The minimum atomic E-state index is -1.02. The van der Waals surface area contributed by atoms with E-state index in [1.54, 1.807) is 26.0 Å². The molecule has 5 heteroatoms. The van der Waals surface area contributed by atoms with Gasteiger partial charge >= 0.3 is 5.97 Å². The van der Waals surface area contributed by atoms with Gasteiger partial charge in [0.05, 0.1) is 5.56 Å². The normalized spacial score (nSPS) is 13.0. The highest BCUT2D eigenvalue weighted by molar-refractivity contribution is 6.37. The van der Waals surface area contributed by atoms with Gasteiger partial charge < -0.3 is 10.4 Å². The number of fused-ring (bicyclic) bond motifs is 1. The number of aryl methyl sites for hydroxylation is 1. The lowest BCUT2D eigenvalue weighted by molar-refractivity contribution is -0.109. The number of benzene rings is 2. The van der Waals surface area contributed by atoms with Gasteiger partial charge in [-0.2, -0.15) is 0 Å². The third-order valence-electron chi connectivity index (χ3n) is 4.85. The topological polar surface area (TPSA) is 83.5 Å². The molecule has 0 aliphatic heterocycles. The van der Waals surface area contributed by atoms with E-state index >= 15 is 0 Å². The molecule has 2 aromatic rings. The van der Waals surface area contributed by atoms with Crippen LogP contribution in [0.5, 0.6) is 0 Å². The first-order valence-corrected chi connectivity index (χ1v) is 8.23. The molecule has 0 saturated heterocycles. The molecule has 0 unspecified atom stereocenters. The van der Waals surface area contributed by atoms with Crippen molar-refractivity contribution in [3.8, 4) is 0 Å². The van der Waals surface area contributed by atoms with E-state index in [9.17, 15) is 14.4 Å². The molecule has 0 fully saturated rings. The van der Waals surface area contributed by atoms with Gasteiger partial charge in [0, 0.05) is 22.4 Å². The van der Waals surface area contributed by atoms with Crippen molar-refractivity contribution in [2.75, 3.05) is 5.32 Å². The average molecular weight is 349 g/mol. The molecule has 132 valence electrons. The smallest absolute Gasteiger partial charge is 0.335 e. The molecule has 2 aromatic carbocycles. The highest BCUT2D eigenvalue weighted by atomic mass is 16.4. The van der Waals surface area contributed by atoms with Crippen LogP contribution in [0.1, 0.15) is 45.7 Å². The number of amides is 1. The monoisotopic (exact) mass is 349 g/mol. The van der Waals surface area contributed by atoms with Crippen molar-refractivity contribution in [1.82, 2.24) is 0 Å². The third-order valence-corrected chi connectivity index (χ3v) is 4.85. The molecule has 0 saturated carbocycles. The average Bonchev–Trinajstić information content (AvgIpc) is 2.79. The molecule has 1 aliphatic rings. The molecule has 3 rings (SSSR count). The van der Waals surface area contributed by atoms with Crippen LogP contribution in [0.25, 0.3) is 11.1 Å². The number of carbonyl (C=O) groups excluding carboxylic acids is 2. The fourth-order valence-corrected chi connectivity index (χ4v) is 3.52. The van der Waals surface area contributed by atoms with Gasteiger partial charge in [-0.25, -0.2) is 4.79 Å². The van der Waals surface area contributed by atoms with Crippen LogP contribution in [-0.2, 0) is 4.79 Å².